The van der Waals surface area contributed by atoms with Crippen LogP contribution >= 0.6 is 0 Å². The van der Waals surface area contributed by atoms with E-state index in [0.29, 0.717) is 11.9 Å². The summed E-state index contributed by atoms with van der Waals surface area (Å²) in [6.07, 6.45) is 12.1. The van der Waals surface area contributed by atoms with Crippen LogP contribution in [0.15, 0.2) is 0 Å². The normalized spacial score (nSPS) is 10.7. The maximum atomic E-state index is 5.43. The molecular formula is C13H27N5. The molecule has 5 nitrogen and oxygen atoms in total. The van der Waals surface area contributed by atoms with Crippen molar-refractivity contribution in [3.8, 4) is 0 Å². The monoisotopic (exact) mass is 253 g/mol. The van der Waals surface area contributed by atoms with E-state index >= 15 is 0 Å². The Morgan fingerprint density at radius 2 is 1.61 bits per heavy atom. The summed E-state index contributed by atoms with van der Waals surface area (Å²) in [6, 6.07) is 0. The highest BCUT2D eigenvalue weighted by Gasteiger charge is 1.97. The van der Waals surface area contributed by atoms with Gasteiger partial charge in [-0.1, -0.05) is 58.3 Å². The second-order valence-electron chi connectivity index (χ2n) is 4.80. The second-order valence-corrected chi connectivity index (χ2v) is 4.80. The molecule has 1 heterocycles. The van der Waals surface area contributed by atoms with Crippen molar-refractivity contribution in [3.05, 3.63) is 0 Å². The molecule has 0 aromatic carbocycles. The number of hydrogen-bond donors (Lipinski definition) is 3. The maximum absolute atomic E-state index is 5.43. The largest absolute Gasteiger partial charge is 0.368 e. The third-order valence-electron chi connectivity index (χ3n) is 3.07. The van der Waals surface area contributed by atoms with Crippen molar-refractivity contribution in [2.45, 2.75) is 64.7 Å². The third kappa shape index (κ3) is 7.14. The topological polar surface area (TPSA) is 79.6 Å². The number of aromatic nitrogens is 3. The van der Waals surface area contributed by atoms with Crippen molar-refractivity contribution in [2.75, 3.05) is 17.6 Å². The molecule has 0 fully saturated rings. The van der Waals surface area contributed by atoms with Gasteiger partial charge in [0, 0.05) is 6.54 Å². The Morgan fingerprint density at radius 3 is 2.17 bits per heavy atom. The summed E-state index contributed by atoms with van der Waals surface area (Å²) < 4.78 is 0. The fourth-order valence-electron chi connectivity index (χ4n) is 1.99. The lowest BCUT2D eigenvalue weighted by atomic mass is 10.1. The van der Waals surface area contributed by atoms with Crippen LogP contribution in [0, 0.1) is 0 Å². The van der Waals surface area contributed by atoms with Crippen LogP contribution in [0.2, 0.25) is 0 Å². The number of unbranched alkanes of at least 4 members (excludes halogenated alkanes) is 8. The number of hydrogen-bond acceptors (Lipinski definition) is 4. The molecule has 5 heteroatoms. The van der Waals surface area contributed by atoms with E-state index in [9.17, 15) is 0 Å². The molecule has 0 unspecified atom stereocenters. The van der Waals surface area contributed by atoms with Crippen LogP contribution in [-0.4, -0.2) is 21.7 Å². The second kappa shape index (κ2) is 9.74. The lowest BCUT2D eigenvalue weighted by Gasteiger charge is -2.02. The fourth-order valence-corrected chi connectivity index (χ4v) is 1.99. The zero-order chi connectivity index (χ0) is 13.1. The highest BCUT2D eigenvalue weighted by atomic mass is 15.3. The minimum Gasteiger partial charge on any atom is -0.368 e. The van der Waals surface area contributed by atoms with Crippen LogP contribution in [-0.2, 0) is 0 Å². The van der Waals surface area contributed by atoms with E-state index in [0.717, 1.165) is 6.54 Å². The lowest BCUT2D eigenvalue weighted by molar-refractivity contribution is 0.569. The van der Waals surface area contributed by atoms with Gasteiger partial charge in [0.25, 0.3) is 0 Å². The molecule has 0 amide bonds. The van der Waals surface area contributed by atoms with Gasteiger partial charge >= 0.3 is 0 Å². The van der Waals surface area contributed by atoms with E-state index in [1.165, 1.54) is 57.8 Å². The van der Waals surface area contributed by atoms with E-state index < -0.39 is 0 Å². The number of nitrogens with one attached hydrogen (secondary N) is 2. The summed E-state index contributed by atoms with van der Waals surface area (Å²) in [5, 5.41) is 9.68. The zero-order valence-corrected chi connectivity index (χ0v) is 11.5. The van der Waals surface area contributed by atoms with Crippen molar-refractivity contribution in [1.29, 1.82) is 0 Å². The van der Waals surface area contributed by atoms with Crippen molar-refractivity contribution >= 4 is 11.9 Å². The average Bonchev–Trinajstić information content (AvgIpc) is 2.77. The highest BCUT2D eigenvalue weighted by Crippen LogP contribution is 2.09. The van der Waals surface area contributed by atoms with Gasteiger partial charge in [0.1, 0.15) is 0 Å². The average molecular weight is 253 g/mol. The van der Waals surface area contributed by atoms with Crippen molar-refractivity contribution in [3.63, 3.8) is 0 Å². The number of H-pyrrole nitrogens is 1. The SMILES string of the molecule is CCCCCCCCCCCNc1n[nH]c(N)n1. The van der Waals surface area contributed by atoms with E-state index in [-0.39, 0.29) is 0 Å². The molecule has 0 atom stereocenters. The first-order valence-electron chi connectivity index (χ1n) is 7.24. The summed E-state index contributed by atoms with van der Waals surface area (Å²) >= 11 is 0. The van der Waals surface area contributed by atoms with Gasteiger partial charge in [-0.15, -0.1) is 5.10 Å². The molecule has 0 aliphatic heterocycles. The summed E-state index contributed by atoms with van der Waals surface area (Å²) in [4.78, 5) is 3.99. The number of nitrogen functional groups attached to an aromatic ring is 1. The van der Waals surface area contributed by atoms with Crippen LogP contribution in [0.4, 0.5) is 11.9 Å². The standard InChI is InChI=1S/C13H27N5/c1-2-3-4-5-6-7-8-9-10-11-15-13-16-12(14)17-18-13/h2-11H2,1H3,(H4,14,15,16,17,18). The highest BCUT2D eigenvalue weighted by molar-refractivity contribution is 5.29. The van der Waals surface area contributed by atoms with Crippen molar-refractivity contribution < 1.29 is 0 Å². The molecule has 0 aliphatic carbocycles. The zero-order valence-electron chi connectivity index (χ0n) is 11.5. The van der Waals surface area contributed by atoms with E-state index in [1.807, 2.05) is 0 Å². The Morgan fingerprint density at radius 1 is 1.00 bits per heavy atom. The van der Waals surface area contributed by atoms with Crippen LogP contribution in [0.3, 0.4) is 0 Å². The predicted molar refractivity (Wildman–Crippen MR) is 76.5 cm³/mol. The summed E-state index contributed by atoms with van der Waals surface area (Å²) in [5.74, 6) is 0.969. The number of rotatable bonds is 11. The van der Waals surface area contributed by atoms with Gasteiger partial charge < -0.3 is 11.1 Å². The Bertz CT molecular complexity index is 297. The minimum absolute atomic E-state index is 0.365. The van der Waals surface area contributed by atoms with E-state index in [4.69, 9.17) is 5.73 Å². The lowest BCUT2D eigenvalue weighted by Crippen LogP contribution is -2.03. The maximum Gasteiger partial charge on any atom is 0.243 e. The summed E-state index contributed by atoms with van der Waals surface area (Å²) in [7, 11) is 0. The Kier molecular flexibility index (Phi) is 8.01. The molecule has 0 aliphatic rings. The molecule has 104 valence electrons. The minimum atomic E-state index is 0.365. The molecule has 18 heavy (non-hydrogen) atoms. The molecular weight excluding hydrogens is 226 g/mol. The molecule has 1 rings (SSSR count). The Balaban J connectivity index is 1.81. The van der Waals surface area contributed by atoms with Gasteiger partial charge in [0.05, 0.1) is 0 Å². The predicted octanol–water partition coefficient (Wildman–Crippen LogP) is 3.33. The summed E-state index contributed by atoms with van der Waals surface area (Å²) in [6.45, 7) is 3.18. The first kappa shape index (κ1) is 14.8. The smallest absolute Gasteiger partial charge is 0.243 e. The third-order valence-corrected chi connectivity index (χ3v) is 3.07. The van der Waals surface area contributed by atoms with Gasteiger partial charge in [-0.05, 0) is 6.42 Å². The van der Waals surface area contributed by atoms with Crippen LogP contribution in [0.25, 0.3) is 0 Å². The molecule has 0 saturated carbocycles. The fraction of sp³-hybridized carbons (Fsp3) is 0.846. The molecule has 1 aromatic rings. The molecule has 0 bridgehead atoms. The first-order chi connectivity index (χ1) is 8.83. The molecule has 0 radical (unpaired) electrons. The van der Waals surface area contributed by atoms with Gasteiger partial charge in [0.2, 0.25) is 11.9 Å². The van der Waals surface area contributed by atoms with E-state index in [1.54, 1.807) is 0 Å². The van der Waals surface area contributed by atoms with Crippen LogP contribution in [0.1, 0.15) is 64.7 Å². The van der Waals surface area contributed by atoms with Crippen LogP contribution in [0.5, 0.6) is 0 Å². The number of anilines is 2. The van der Waals surface area contributed by atoms with Crippen molar-refractivity contribution in [2.24, 2.45) is 0 Å². The number of nitrogens with two attached hydrogens (primary N) is 1. The van der Waals surface area contributed by atoms with Gasteiger partial charge in [-0.2, -0.15) is 4.98 Å². The van der Waals surface area contributed by atoms with Gasteiger partial charge in [-0.3, -0.25) is 0 Å². The Labute approximate surface area is 110 Å². The quantitative estimate of drug-likeness (QED) is 0.528. The molecule has 0 spiro atoms. The van der Waals surface area contributed by atoms with Crippen LogP contribution < -0.4 is 11.1 Å². The number of aromatic amines is 1. The molecule has 4 N–H and O–H groups in total. The van der Waals surface area contributed by atoms with E-state index in [2.05, 4.69) is 27.4 Å². The number of nitrogens with zero attached hydrogens (tertiary/aromatic N) is 2. The van der Waals surface area contributed by atoms with Gasteiger partial charge in [-0.25, -0.2) is 5.10 Å². The Hall–Kier alpha value is -1.26. The molecule has 0 saturated heterocycles. The van der Waals surface area contributed by atoms with Crippen molar-refractivity contribution in [1.82, 2.24) is 15.2 Å². The first-order valence-corrected chi connectivity index (χ1v) is 7.24. The van der Waals surface area contributed by atoms with Gasteiger partial charge in [0.15, 0.2) is 0 Å². The molecule has 1 aromatic heterocycles. The summed E-state index contributed by atoms with van der Waals surface area (Å²) in [5.41, 5.74) is 5.43.